The average Bonchev–Trinajstić information content (AvgIpc) is 3.23. The van der Waals surface area contributed by atoms with Gasteiger partial charge in [0.15, 0.2) is 0 Å². The summed E-state index contributed by atoms with van der Waals surface area (Å²) in [4.78, 5) is 31.8. The lowest BCUT2D eigenvalue weighted by Crippen LogP contribution is -2.71. The average molecular weight is 482 g/mol. The molecule has 34 heavy (non-hydrogen) atoms. The molecule has 0 radical (unpaired) electrons. The highest BCUT2D eigenvalue weighted by atomic mass is 19.1. The number of pyridine rings is 1. The Balaban J connectivity index is 1.17. The highest BCUT2D eigenvalue weighted by molar-refractivity contribution is 5.92. The molecule has 1 aromatic rings. The molecule has 186 valence electrons. The van der Waals surface area contributed by atoms with E-state index < -0.39 is 42.2 Å². The topological polar surface area (TPSA) is 92.8 Å². The monoisotopic (exact) mass is 481 g/mol. The summed E-state index contributed by atoms with van der Waals surface area (Å²) in [5.41, 5.74) is 3.32. The number of carbonyl (C=O) groups excluding carboxylic acids is 2. The van der Waals surface area contributed by atoms with Gasteiger partial charge in [-0.2, -0.15) is 4.39 Å². The number of nitrogens with one attached hydrogen (secondary N) is 3. The van der Waals surface area contributed by atoms with E-state index >= 15 is 4.39 Å². The number of piperazine rings is 2. The molecule has 0 spiro atoms. The van der Waals surface area contributed by atoms with Gasteiger partial charge in [0.25, 0.3) is 5.91 Å². The van der Waals surface area contributed by atoms with Crippen molar-refractivity contribution >= 4 is 17.5 Å². The van der Waals surface area contributed by atoms with E-state index in [1.165, 1.54) is 13.1 Å². The third-order valence-electron chi connectivity index (χ3n) is 7.58. The summed E-state index contributed by atoms with van der Waals surface area (Å²) >= 11 is 0. The van der Waals surface area contributed by atoms with Crippen molar-refractivity contribution in [2.45, 2.75) is 43.3 Å². The number of hydrogen-bond donors (Lipinski definition) is 3. The summed E-state index contributed by atoms with van der Waals surface area (Å²) in [5, 5.41) is 6.81. The van der Waals surface area contributed by atoms with Crippen molar-refractivity contribution in [1.29, 1.82) is 0 Å². The number of fused-ring (bicyclic) bond motifs is 3. The molecule has 3 aliphatic heterocycles. The van der Waals surface area contributed by atoms with Crippen molar-refractivity contribution in [1.82, 2.24) is 31.0 Å². The predicted molar refractivity (Wildman–Crippen MR) is 118 cm³/mol. The van der Waals surface area contributed by atoms with E-state index in [4.69, 9.17) is 0 Å². The van der Waals surface area contributed by atoms with Crippen LogP contribution in [-0.2, 0) is 4.79 Å². The fourth-order valence-corrected chi connectivity index (χ4v) is 5.77. The minimum Gasteiger partial charge on any atom is -0.365 e. The molecule has 12 heteroatoms. The van der Waals surface area contributed by atoms with E-state index in [-0.39, 0.29) is 24.2 Å². The molecule has 9 nitrogen and oxygen atoms in total. The first-order valence-electron chi connectivity index (χ1n) is 11.8. The SMILES string of the molecule is CNC(=O)c1ccc(N2CCN(CC3CCC4C(NC(=O)C5C(F)CNN45)C3F)CC2)c(F)n1. The first-order valence-corrected chi connectivity index (χ1v) is 11.8. The Labute approximate surface area is 196 Å². The van der Waals surface area contributed by atoms with Crippen molar-refractivity contribution in [3.05, 3.63) is 23.8 Å². The maximum atomic E-state index is 15.5. The van der Waals surface area contributed by atoms with Gasteiger partial charge in [-0.15, -0.1) is 0 Å². The van der Waals surface area contributed by atoms with Crippen LogP contribution >= 0.6 is 0 Å². The van der Waals surface area contributed by atoms with E-state index in [0.717, 1.165) is 0 Å². The molecule has 6 atom stereocenters. The third-order valence-corrected chi connectivity index (χ3v) is 7.58. The van der Waals surface area contributed by atoms with Gasteiger partial charge >= 0.3 is 0 Å². The first-order chi connectivity index (χ1) is 16.4. The Morgan fingerprint density at radius 3 is 2.68 bits per heavy atom. The number of rotatable bonds is 4. The molecule has 0 bridgehead atoms. The van der Waals surface area contributed by atoms with Crippen LogP contribution in [0, 0.1) is 11.9 Å². The summed E-state index contributed by atoms with van der Waals surface area (Å²) in [7, 11) is 1.46. The Hall–Kier alpha value is -2.44. The molecule has 1 aromatic heterocycles. The van der Waals surface area contributed by atoms with E-state index in [2.05, 4.69) is 25.9 Å². The van der Waals surface area contributed by atoms with Crippen molar-refractivity contribution < 1.29 is 22.8 Å². The molecule has 3 N–H and O–H groups in total. The van der Waals surface area contributed by atoms with Crippen LogP contribution in [0.5, 0.6) is 0 Å². The molecule has 4 fully saturated rings. The van der Waals surface area contributed by atoms with E-state index in [1.807, 2.05) is 4.90 Å². The predicted octanol–water partition coefficient (Wildman–Crippen LogP) is -0.156. The number of aromatic nitrogens is 1. The van der Waals surface area contributed by atoms with Gasteiger partial charge in [-0.25, -0.2) is 18.8 Å². The van der Waals surface area contributed by atoms with E-state index in [0.29, 0.717) is 51.3 Å². The molecule has 4 heterocycles. The molecule has 6 unspecified atom stereocenters. The fourth-order valence-electron chi connectivity index (χ4n) is 5.77. The zero-order valence-electron chi connectivity index (χ0n) is 19.0. The Kier molecular flexibility index (Phi) is 6.38. The number of amides is 2. The number of hydrogen-bond acceptors (Lipinski definition) is 7. The molecule has 3 saturated heterocycles. The number of carbonyl (C=O) groups is 2. The Morgan fingerprint density at radius 1 is 1.21 bits per heavy atom. The lowest BCUT2D eigenvalue weighted by Gasteiger charge is -2.49. The van der Waals surface area contributed by atoms with Crippen LogP contribution in [0.2, 0.25) is 0 Å². The van der Waals surface area contributed by atoms with Crippen molar-refractivity contribution in [3.8, 4) is 0 Å². The summed E-state index contributed by atoms with van der Waals surface area (Å²) < 4.78 is 44.1. The zero-order valence-corrected chi connectivity index (χ0v) is 19.0. The molecule has 0 aromatic carbocycles. The van der Waals surface area contributed by atoms with Crippen molar-refractivity contribution in [2.75, 3.05) is 51.2 Å². The third kappa shape index (κ3) is 4.11. The summed E-state index contributed by atoms with van der Waals surface area (Å²) in [6.07, 6.45) is -1.17. The van der Waals surface area contributed by atoms with Crippen LogP contribution in [-0.4, -0.2) is 103 Å². The lowest BCUT2D eigenvalue weighted by atomic mass is 9.78. The first kappa shape index (κ1) is 23.3. The van der Waals surface area contributed by atoms with Crippen molar-refractivity contribution in [3.63, 3.8) is 0 Å². The van der Waals surface area contributed by atoms with Crippen LogP contribution < -0.4 is 21.0 Å². The van der Waals surface area contributed by atoms with Gasteiger partial charge in [0.05, 0.1) is 11.7 Å². The summed E-state index contributed by atoms with van der Waals surface area (Å²) in [6.45, 7) is 3.02. The van der Waals surface area contributed by atoms with E-state index in [1.54, 1.807) is 11.1 Å². The number of alkyl halides is 2. The highest BCUT2D eigenvalue weighted by Gasteiger charge is 2.54. The molecule has 1 saturated carbocycles. The van der Waals surface area contributed by atoms with Gasteiger partial charge in [-0.3, -0.25) is 19.9 Å². The van der Waals surface area contributed by atoms with Crippen LogP contribution in [0.15, 0.2) is 12.1 Å². The minimum atomic E-state index is -1.28. The molecule has 2 amide bonds. The molecular formula is C22H30F3N7O2. The van der Waals surface area contributed by atoms with Crippen LogP contribution in [0.25, 0.3) is 0 Å². The number of anilines is 1. The molecule has 1 aliphatic carbocycles. The lowest BCUT2D eigenvalue weighted by molar-refractivity contribution is -0.140. The van der Waals surface area contributed by atoms with Gasteiger partial charge < -0.3 is 15.5 Å². The quantitative estimate of drug-likeness (QED) is 0.515. The normalized spacial score (nSPS) is 34.4. The van der Waals surface area contributed by atoms with Crippen LogP contribution in [0.3, 0.4) is 0 Å². The second-order valence-corrected chi connectivity index (χ2v) is 9.49. The van der Waals surface area contributed by atoms with Crippen LogP contribution in [0.4, 0.5) is 18.9 Å². The maximum Gasteiger partial charge on any atom is 0.269 e. The number of hydrazine groups is 1. The highest BCUT2D eigenvalue weighted by Crippen LogP contribution is 2.36. The van der Waals surface area contributed by atoms with Gasteiger partial charge in [0.1, 0.15) is 24.1 Å². The summed E-state index contributed by atoms with van der Waals surface area (Å²) in [5.74, 6) is -1.82. The van der Waals surface area contributed by atoms with Gasteiger partial charge in [-0.05, 0) is 25.0 Å². The largest absolute Gasteiger partial charge is 0.365 e. The molecule has 5 rings (SSSR count). The number of halogens is 3. The molecule has 4 aliphatic rings. The molecular weight excluding hydrogens is 451 g/mol. The Morgan fingerprint density at radius 2 is 1.97 bits per heavy atom. The second-order valence-electron chi connectivity index (χ2n) is 9.49. The van der Waals surface area contributed by atoms with Gasteiger partial charge in [0, 0.05) is 58.3 Å². The number of nitrogens with zero attached hydrogens (tertiary/aromatic N) is 4. The van der Waals surface area contributed by atoms with Gasteiger partial charge in [0.2, 0.25) is 11.9 Å². The van der Waals surface area contributed by atoms with Crippen LogP contribution in [0.1, 0.15) is 23.3 Å². The second kappa shape index (κ2) is 9.31. The minimum absolute atomic E-state index is 0.0271. The van der Waals surface area contributed by atoms with E-state index in [9.17, 15) is 18.4 Å². The van der Waals surface area contributed by atoms with Gasteiger partial charge in [-0.1, -0.05) is 0 Å². The maximum absolute atomic E-state index is 15.5. The fraction of sp³-hybridized carbons (Fsp3) is 0.682. The standard InChI is InChI=1S/C22H30F3N7O2/c1-26-21(33)14-3-5-16(20(25)28-14)31-8-6-30(7-9-31)11-12-2-4-15-18(17(12)24)29-22(34)19-13(23)10-27-32(15)19/h3,5,12-13,15,17-19,27H,2,4,6-11H2,1H3,(H,26,33)(H,29,34). The zero-order chi connectivity index (χ0) is 24.0. The Bertz CT molecular complexity index is 945. The summed E-state index contributed by atoms with van der Waals surface area (Å²) in [6, 6.07) is 1.28. The van der Waals surface area contributed by atoms with Crippen molar-refractivity contribution in [2.24, 2.45) is 5.92 Å². The smallest absolute Gasteiger partial charge is 0.269 e.